The molecule has 0 atom stereocenters. The highest BCUT2D eigenvalue weighted by molar-refractivity contribution is 7.91. The third-order valence-corrected chi connectivity index (χ3v) is 6.76. The highest BCUT2D eigenvalue weighted by Gasteiger charge is 2.26. The molecular formula is C22H26N2O2S. The van der Waals surface area contributed by atoms with Gasteiger partial charge in [0.15, 0.2) is 0 Å². The van der Waals surface area contributed by atoms with Crippen molar-refractivity contribution in [3.8, 4) is 0 Å². The summed E-state index contributed by atoms with van der Waals surface area (Å²) in [5.41, 5.74) is 1.93. The number of aromatic nitrogens is 2. The van der Waals surface area contributed by atoms with E-state index in [1.807, 2.05) is 12.1 Å². The first-order valence-corrected chi connectivity index (χ1v) is 11.0. The molecule has 4 nitrogen and oxygen atoms in total. The van der Waals surface area contributed by atoms with Gasteiger partial charge < -0.3 is 4.57 Å². The summed E-state index contributed by atoms with van der Waals surface area (Å²) < 4.78 is 28.2. The Morgan fingerprint density at radius 1 is 1.04 bits per heavy atom. The molecule has 1 heterocycles. The Hall–Kier alpha value is -2.14. The Bertz CT molecular complexity index is 1070. The zero-order valence-corrected chi connectivity index (χ0v) is 17.0. The van der Waals surface area contributed by atoms with Crippen molar-refractivity contribution in [3.05, 3.63) is 54.4 Å². The molecule has 1 fully saturated rings. The fourth-order valence-electron chi connectivity index (χ4n) is 3.43. The van der Waals surface area contributed by atoms with Gasteiger partial charge in [0.1, 0.15) is 5.82 Å². The highest BCUT2D eigenvalue weighted by atomic mass is 32.2. The number of rotatable bonds is 5. The van der Waals surface area contributed by atoms with Crippen molar-refractivity contribution in [3.63, 3.8) is 0 Å². The van der Waals surface area contributed by atoms with E-state index in [2.05, 4.69) is 25.3 Å². The Morgan fingerprint density at radius 3 is 2.37 bits per heavy atom. The predicted molar refractivity (Wildman–Crippen MR) is 108 cm³/mol. The van der Waals surface area contributed by atoms with E-state index in [0.29, 0.717) is 9.79 Å². The molecule has 1 aliphatic carbocycles. The van der Waals surface area contributed by atoms with Gasteiger partial charge in [0.25, 0.3) is 0 Å². The number of benzene rings is 2. The molecule has 1 saturated carbocycles. The van der Waals surface area contributed by atoms with Crippen LogP contribution in [0.1, 0.15) is 39.4 Å². The Balaban J connectivity index is 1.80. The van der Waals surface area contributed by atoms with E-state index in [1.54, 1.807) is 36.4 Å². The van der Waals surface area contributed by atoms with Crippen molar-refractivity contribution in [2.24, 2.45) is 11.3 Å². The first kappa shape index (κ1) is 18.2. The third kappa shape index (κ3) is 3.79. The van der Waals surface area contributed by atoms with Gasteiger partial charge in [0.2, 0.25) is 9.84 Å². The predicted octanol–water partition coefficient (Wildman–Crippen LogP) is 4.87. The topological polar surface area (TPSA) is 52.0 Å². The average Bonchev–Trinajstić information content (AvgIpc) is 3.37. The van der Waals surface area contributed by atoms with Gasteiger partial charge in [-0.2, -0.15) is 0 Å². The molecule has 27 heavy (non-hydrogen) atoms. The van der Waals surface area contributed by atoms with Crippen LogP contribution in [-0.2, 0) is 22.8 Å². The number of hydrogen-bond donors (Lipinski definition) is 0. The van der Waals surface area contributed by atoms with E-state index in [-0.39, 0.29) is 5.41 Å². The van der Waals surface area contributed by atoms with Crippen LogP contribution in [0.2, 0.25) is 0 Å². The summed E-state index contributed by atoms with van der Waals surface area (Å²) in [4.78, 5) is 5.47. The number of sulfone groups is 1. The minimum absolute atomic E-state index is 0.127. The highest BCUT2D eigenvalue weighted by Crippen LogP contribution is 2.34. The van der Waals surface area contributed by atoms with Crippen molar-refractivity contribution < 1.29 is 8.42 Å². The van der Waals surface area contributed by atoms with Gasteiger partial charge in [0.05, 0.1) is 20.8 Å². The molecule has 1 aliphatic rings. The van der Waals surface area contributed by atoms with Crippen LogP contribution in [0.15, 0.2) is 58.3 Å². The maximum Gasteiger partial charge on any atom is 0.206 e. The van der Waals surface area contributed by atoms with Gasteiger partial charge in [-0.05, 0) is 54.5 Å². The van der Waals surface area contributed by atoms with Crippen molar-refractivity contribution in [2.45, 2.75) is 56.4 Å². The van der Waals surface area contributed by atoms with Crippen molar-refractivity contribution in [1.82, 2.24) is 9.55 Å². The smallest absolute Gasteiger partial charge is 0.206 e. The SMILES string of the molecule is CC(C)(C)Cc1nc2cc(S(=O)(=O)c3ccccc3)ccc2n1CC1CC1. The van der Waals surface area contributed by atoms with Crippen LogP contribution < -0.4 is 0 Å². The molecule has 3 aromatic rings. The monoisotopic (exact) mass is 382 g/mol. The van der Waals surface area contributed by atoms with E-state index in [1.165, 1.54) is 12.8 Å². The molecule has 0 saturated heterocycles. The van der Waals surface area contributed by atoms with Crippen molar-refractivity contribution in [1.29, 1.82) is 0 Å². The molecule has 142 valence electrons. The lowest BCUT2D eigenvalue weighted by molar-refractivity contribution is 0.391. The van der Waals surface area contributed by atoms with Gasteiger partial charge in [-0.1, -0.05) is 39.0 Å². The lowest BCUT2D eigenvalue weighted by Crippen LogP contribution is -2.15. The summed E-state index contributed by atoms with van der Waals surface area (Å²) >= 11 is 0. The van der Waals surface area contributed by atoms with Gasteiger partial charge in [-0.3, -0.25) is 0 Å². The second-order valence-electron chi connectivity index (χ2n) is 8.79. The van der Waals surface area contributed by atoms with Crippen molar-refractivity contribution >= 4 is 20.9 Å². The van der Waals surface area contributed by atoms with Crippen molar-refractivity contribution in [2.75, 3.05) is 0 Å². The van der Waals surface area contributed by atoms with Gasteiger partial charge in [-0.25, -0.2) is 13.4 Å². The molecule has 5 heteroatoms. The lowest BCUT2D eigenvalue weighted by atomic mass is 9.92. The Morgan fingerprint density at radius 2 is 1.74 bits per heavy atom. The van der Waals surface area contributed by atoms with Gasteiger partial charge in [-0.15, -0.1) is 0 Å². The fraction of sp³-hybridized carbons (Fsp3) is 0.409. The van der Waals surface area contributed by atoms with Gasteiger partial charge in [0, 0.05) is 13.0 Å². The van der Waals surface area contributed by atoms with Crippen LogP contribution in [0.4, 0.5) is 0 Å². The zero-order chi connectivity index (χ0) is 19.2. The van der Waals surface area contributed by atoms with E-state index in [0.717, 1.165) is 35.7 Å². The largest absolute Gasteiger partial charge is 0.328 e. The molecule has 0 unspecified atom stereocenters. The number of imidazole rings is 1. The minimum atomic E-state index is -3.53. The number of hydrogen-bond acceptors (Lipinski definition) is 3. The molecule has 0 radical (unpaired) electrons. The molecule has 2 aromatic carbocycles. The fourth-order valence-corrected chi connectivity index (χ4v) is 4.74. The first-order chi connectivity index (χ1) is 12.7. The lowest BCUT2D eigenvalue weighted by Gasteiger charge is -2.18. The summed E-state index contributed by atoms with van der Waals surface area (Å²) in [6.45, 7) is 7.60. The van der Waals surface area contributed by atoms with Crippen LogP contribution in [-0.4, -0.2) is 18.0 Å². The van der Waals surface area contributed by atoms with E-state index in [4.69, 9.17) is 4.98 Å². The molecule has 0 spiro atoms. The first-order valence-electron chi connectivity index (χ1n) is 9.53. The quantitative estimate of drug-likeness (QED) is 0.633. The summed E-state index contributed by atoms with van der Waals surface area (Å²) in [5.74, 6) is 1.78. The zero-order valence-electron chi connectivity index (χ0n) is 16.1. The van der Waals surface area contributed by atoms with E-state index >= 15 is 0 Å². The van der Waals surface area contributed by atoms with Crippen LogP contribution >= 0.6 is 0 Å². The molecule has 0 amide bonds. The molecule has 4 rings (SSSR count). The minimum Gasteiger partial charge on any atom is -0.328 e. The summed E-state index contributed by atoms with van der Waals surface area (Å²) in [6, 6.07) is 14.0. The molecule has 0 bridgehead atoms. The Labute approximate surface area is 161 Å². The molecule has 0 aliphatic heterocycles. The number of fused-ring (bicyclic) bond motifs is 1. The maximum absolute atomic E-state index is 13.0. The van der Waals surface area contributed by atoms with Crippen LogP contribution in [0.25, 0.3) is 11.0 Å². The summed E-state index contributed by atoms with van der Waals surface area (Å²) in [7, 11) is -3.53. The number of nitrogens with zero attached hydrogens (tertiary/aromatic N) is 2. The maximum atomic E-state index is 13.0. The standard InChI is InChI=1S/C22H26N2O2S/c1-22(2,3)14-21-23-19-13-18(27(25,26)17-7-5-4-6-8-17)11-12-20(19)24(21)15-16-9-10-16/h4-8,11-13,16H,9-10,14-15H2,1-3H3. The average molecular weight is 383 g/mol. The van der Waals surface area contributed by atoms with Crippen LogP contribution in [0, 0.1) is 11.3 Å². The normalized spacial score (nSPS) is 15.4. The van der Waals surface area contributed by atoms with Gasteiger partial charge >= 0.3 is 0 Å². The van der Waals surface area contributed by atoms with Crippen LogP contribution in [0.5, 0.6) is 0 Å². The van der Waals surface area contributed by atoms with E-state index in [9.17, 15) is 8.42 Å². The second-order valence-corrected chi connectivity index (χ2v) is 10.7. The third-order valence-electron chi connectivity index (χ3n) is 4.99. The molecular weight excluding hydrogens is 356 g/mol. The molecule has 0 N–H and O–H groups in total. The Kier molecular flexibility index (Phi) is 4.38. The summed E-state index contributed by atoms with van der Waals surface area (Å²) in [5, 5.41) is 0. The van der Waals surface area contributed by atoms with E-state index < -0.39 is 9.84 Å². The summed E-state index contributed by atoms with van der Waals surface area (Å²) in [6.07, 6.45) is 3.42. The van der Waals surface area contributed by atoms with Crippen LogP contribution in [0.3, 0.4) is 0 Å². The molecule has 1 aromatic heterocycles. The second kappa shape index (κ2) is 6.48.